The van der Waals surface area contributed by atoms with E-state index in [1.54, 1.807) is 11.8 Å². The molecule has 1 aliphatic heterocycles. The highest BCUT2D eigenvalue weighted by Crippen LogP contribution is 2.40. The summed E-state index contributed by atoms with van der Waals surface area (Å²) in [5.41, 5.74) is 0.902. The third kappa shape index (κ3) is 5.53. The molecule has 1 amide bonds. The van der Waals surface area contributed by atoms with Crippen LogP contribution in [0.3, 0.4) is 0 Å². The first-order valence-electron chi connectivity index (χ1n) is 10.6. The van der Waals surface area contributed by atoms with Crippen LogP contribution >= 0.6 is 0 Å². The molecule has 0 bridgehead atoms. The molecule has 1 aliphatic rings. The molecule has 30 heavy (non-hydrogen) atoms. The molecule has 1 fully saturated rings. The molecule has 0 saturated carbocycles. The maximum Gasteiger partial charge on any atom is 0.410 e. The predicted molar refractivity (Wildman–Crippen MR) is 115 cm³/mol. The summed E-state index contributed by atoms with van der Waals surface area (Å²) in [5.74, 6) is -1.05. The number of nitrogens with zero attached hydrogens (tertiary/aromatic N) is 1. The zero-order valence-corrected chi connectivity index (χ0v) is 18.9. The second kappa shape index (κ2) is 10.8. The van der Waals surface area contributed by atoms with Crippen LogP contribution in [0.4, 0.5) is 4.79 Å². The normalized spacial score (nSPS) is 17.2. The summed E-state index contributed by atoms with van der Waals surface area (Å²) in [5, 5.41) is 0. The average molecular weight is 440 g/mol. The number of sulfone groups is 1. The molecule has 8 heteroatoms. The van der Waals surface area contributed by atoms with Crippen molar-refractivity contribution in [3.05, 3.63) is 35.9 Å². The van der Waals surface area contributed by atoms with Crippen molar-refractivity contribution in [3.8, 4) is 0 Å². The topological polar surface area (TPSA) is 90.0 Å². The molecule has 0 aromatic heterocycles. The van der Waals surface area contributed by atoms with Crippen LogP contribution in [-0.2, 0) is 30.7 Å². The molecule has 1 atom stereocenters. The molecule has 1 aromatic rings. The van der Waals surface area contributed by atoms with Crippen molar-refractivity contribution >= 4 is 21.9 Å². The standard InChI is InChI=1S/C22H33NO6S/c1-4-6-14-22(30(3,26)27,20(24)28-5-2)19-12-15-23(16-13-19)21(25)29-17-18-10-8-7-9-11-18/h7-11,19H,4-6,12-17H2,1-3H3/t22-/m1/s1. The Morgan fingerprint density at radius 3 is 2.27 bits per heavy atom. The molecular weight excluding hydrogens is 406 g/mol. The summed E-state index contributed by atoms with van der Waals surface area (Å²) in [6, 6.07) is 9.42. The lowest BCUT2D eigenvalue weighted by Gasteiger charge is -2.41. The van der Waals surface area contributed by atoms with Gasteiger partial charge in [0.25, 0.3) is 0 Å². The van der Waals surface area contributed by atoms with E-state index in [1.807, 2.05) is 37.3 Å². The van der Waals surface area contributed by atoms with Gasteiger partial charge in [0.2, 0.25) is 0 Å². The number of ether oxygens (including phenoxy) is 2. The van der Waals surface area contributed by atoms with Gasteiger partial charge in [-0.05, 0) is 37.7 Å². The van der Waals surface area contributed by atoms with Crippen LogP contribution in [0.25, 0.3) is 0 Å². The number of amides is 1. The molecular formula is C22H33NO6S. The van der Waals surface area contributed by atoms with Crippen molar-refractivity contribution in [2.24, 2.45) is 5.92 Å². The van der Waals surface area contributed by atoms with Gasteiger partial charge in [-0.25, -0.2) is 13.2 Å². The van der Waals surface area contributed by atoms with E-state index >= 15 is 0 Å². The average Bonchev–Trinajstić information content (AvgIpc) is 2.73. The number of benzene rings is 1. The van der Waals surface area contributed by atoms with Gasteiger partial charge in [-0.3, -0.25) is 4.79 Å². The number of carbonyl (C=O) groups excluding carboxylic acids is 2. The van der Waals surface area contributed by atoms with Crippen molar-refractivity contribution in [1.29, 1.82) is 0 Å². The number of unbranched alkanes of at least 4 members (excludes halogenated alkanes) is 1. The lowest BCUT2D eigenvalue weighted by Crippen LogP contribution is -2.56. The van der Waals surface area contributed by atoms with E-state index in [0.29, 0.717) is 32.4 Å². The summed E-state index contributed by atoms with van der Waals surface area (Å²) < 4.78 is 34.7. The second-order valence-electron chi connectivity index (χ2n) is 7.79. The Morgan fingerprint density at radius 2 is 1.73 bits per heavy atom. The number of esters is 1. The highest BCUT2D eigenvalue weighted by molar-refractivity contribution is 7.92. The van der Waals surface area contributed by atoms with Crippen LogP contribution in [0.1, 0.15) is 51.5 Å². The third-order valence-corrected chi connectivity index (χ3v) is 7.83. The molecule has 0 unspecified atom stereocenters. The van der Waals surface area contributed by atoms with Gasteiger partial charge < -0.3 is 14.4 Å². The molecule has 2 rings (SSSR count). The van der Waals surface area contributed by atoms with E-state index < -0.39 is 32.6 Å². The van der Waals surface area contributed by atoms with Crippen molar-refractivity contribution in [2.75, 3.05) is 26.0 Å². The fourth-order valence-electron chi connectivity index (χ4n) is 4.14. The number of hydrogen-bond donors (Lipinski definition) is 0. The molecule has 0 aliphatic carbocycles. The fourth-order valence-corrected chi connectivity index (χ4v) is 5.86. The van der Waals surface area contributed by atoms with Crippen LogP contribution in [-0.4, -0.2) is 56.1 Å². The fraction of sp³-hybridized carbons (Fsp3) is 0.636. The first-order valence-corrected chi connectivity index (χ1v) is 12.5. The summed E-state index contributed by atoms with van der Waals surface area (Å²) >= 11 is 0. The first kappa shape index (κ1) is 24.2. The van der Waals surface area contributed by atoms with Crippen LogP contribution in [0.2, 0.25) is 0 Å². The number of piperidine rings is 1. The Hall–Kier alpha value is -2.09. The largest absolute Gasteiger partial charge is 0.465 e. The Morgan fingerprint density at radius 1 is 1.10 bits per heavy atom. The monoisotopic (exact) mass is 439 g/mol. The van der Waals surface area contributed by atoms with Crippen molar-refractivity contribution in [2.45, 2.75) is 57.3 Å². The van der Waals surface area contributed by atoms with E-state index in [1.165, 1.54) is 0 Å². The molecule has 0 radical (unpaired) electrons. The van der Waals surface area contributed by atoms with Gasteiger partial charge in [-0.2, -0.15) is 0 Å². The van der Waals surface area contributed by atoms with Gasteiger partial charge in [-0.15, -0.1) is 0 Å². The molecule has 1 aromatic carbocycles. The molecule has 7 nitrogen and oxygen atoms in total. The third-order valence-electron chi connectivity index (χ3n) is 5.80. The lowest BCUT2D eigenvalue weighted by atomic mass is 9.80. The van der Waals surface area contributed by atoms with E-state index in [9.17, 15) is 18.0 Å². The van der Waals surface area contributed by atoms with Gasteiger partial charge >= 0.3 is 12.1 Å². The predicted octanol–water partition coefficient (Wildman–Crippen LogP) is 3.57. The number of hydrogen-bond acceptors (Lipinski definition) is 6. The summed E-state index contributed by atoms with van der Waals surface area (Å²) in [7, 11) is -3.71. The van der Waals surface area contributed by atoms with E-state index in [4.69, 9.17) is 9.47 Å². The molecule has 1 saturated heterocycles. The Balaban J connectivity index is 2.09. The van der Waals surface area contributed by atoms with Crippen molar-refractivity contribution in [3.63, 3.8) is 0 Å². The van der Waals surface area contributed by atoms with Gasteiger partial charge in [0.15, 0.2) is 14.6 Å². The summed E-state index contributed by atoms with van der Waals surface area (Å²) in [6.07, 6.45) is 3.16. The van der Waals surface area contributed by atoms with Crippen LogP contribution in [0.5, 0.6) is 0 Å². The zero-order valence-electron chi connectivity index (χ0n) is 18.1. The Labute approximate surface area is 179 Å². The highest BCUT2D eigenvalue weighted by Gasteiger charge is 2.55. The SMILES string of the molecule is CCCC[C@](C(=O)OCC)(C1CCN(C(=O)OCc2ccccc2)CC1)S(C)(=O)=O. The Kier molecular flexibility index (Phi) is 8.70. The molecule has 168 valence electrons. The quantitative estimate of drug-likeness (QED) is 0.547. The molecule has 0 spiro atoms. The second-order valence-corrected chi connectivity index (χ2v) is 10.1. The van der Waals surface area contributed by atoms with Crippen molar-refractivity contribution in [1.82, 2.24) is 4.90 Å². The maximum absolute atomic E-state index is 12.9. The first-order chi connectivity index (χ1) is 14.3. The van der Waals surface area contributed by atoms with E-state index in [2.05, 4.69) is 0 Å². The van der Waals surface area contributed by atoms with Crippen LogP contribution in [0, 0.1) is 5.92 Å². The molecule has 1 heterocycles. The number of carbonyl (C=O) groups is 2. The van der Waals surface area contributed by atoms with E-state index in [-0.39, 0.29) is 19.6 Å². The van der Waals surface area contributed by atoms with Gasteiger partial charge in [0, 0.05) is 19.3 Å². The van der Waals surface area contributed by atoms with Gasteiger partial charge in [0.1, 0.15) is 6.61 Å². The highest BCUT2D eigenvalue weighted by atomic mass is 32.2. The van der Waals surface area contributed by atoms with Crippen molar-refractivity contribution < 1.29 is 27.5 Å². The maximum atomic E-state index is 12.9. The smallest absolute Gasteiger partial charge is 0.410 e. The minimum atomic E-state index is -3.71. The van der Waals surface area contributed by atoms with Gasteiger partial charge in [0.05, 0.1) is 6.61 Å². The van der Waals surface area contributed by atoms with Gasteiger partial charge in [-0.1, -0.05) is 50.1 Å². The minimum absolute atomic E-state index is 0.132. The minimum Gasteiger partial charge on any atom is -0.465 e. The lowest BCUT2D eigenvalue weighted by molar-refractivity contribution is -0.148. The number of rotatable bonds is 9. The summed E-state index contributed by atoms with van der Waals surface area (Å²) in [6.45, 7) is 4.65. The van der Waals surface area contributed by atoms with Crippen LogP contribution < -0.4 is 0 Å². The van der Waals surface area contributed by atoms with E-state index in [0.717, 1.165) is 18.2 Å². The zero-order chi connectivity index (χ0) is 22.2. The molecule has 0 N–H and O–H groups in total. The Bertz CT molecular complexity index is 802. The van der Waals surface area contributed by atoms with Crippen LogP contribution in [0.15, 0.2) is 30.3 Å². The number of likely N-dealkylation sites (tertiary alicyclic amines) is 1. The summed E-state index contributed by atoms with van der Waals surface area (Å²) in [4.78, 5) is 26.9.